The zero-order valence-corrected chi connectivity index (χ0v) is 11.7. The summed E-state index contributed by atoms with van der Waals surface area (Å²) in [4.78, 5) is 21.5. The number of nitrogens with two attached hydrogens (primary N) is 1. The molecule has 0 aliphatic rings. The first kappa shape index (κ1) is 12.6. The summed E-state index contributed by atoms with van der Waals surface area (Å²) in [5, 5.41) is 0. The van der Waals surface area contributed by atoms with Crippen molar-refractivity contribution in [1.82, 2.24) is 29.5 Å². The van der Waals surface area contributed by atoms with Crippen molar-refractivity contribution in [3.63, 3.8) is 0 Å². The van der Waals surface area contributed by atoms with E-state index in [9.17, 15) is 0 Å². The van der Waals surface area contributed by atoms with Crippen LogP contribution in [0.4, 0.5) is 5.82 Å². The van der Waals surface area contributed by atoms with Crippen molar-refractivity contribution in [2.24, 2.45) is 0 Å². The van der Waals surface area contributed by atoms with Gasteiger partial charge in [0.1, 0.15) is 11.8 Å². The second-order valence-corrected chi connectivity index (χ2v) is 4.97. The lowest BCUT2D eigenvalue weighted by molar-refractivity contribution is 0.697. The Morgan fingerprint density at radius 1 is 1.00 bits per heavy atom. The molecule has 0 saturated heterocycles. The molecule has 0 amide bonds. The Hall–Kier alpha value is -3.09. The molecule has 0 atom stereocenters. The summed E-state index contributed by atoms with van der Waals surface area (Å²) in [6.07, 6.45) is 5.73. The highest BCUT2D eigenvalue weighted by molar-refractivity contribution is 5.81. The zero-order valence-electron chi connectivity index (χ0n) is 11.7. The molecule has 7 nitrogen and oxygen atoms in total. The maximum absolute atomic E-state index is 5.79. The second-order valence-electron chi connectivity index (χ2n) is 4.97. The van der Waals surface area contributed by atoms with Gasteiger partial charge in [0.15, 0.2) is 11.5 Å². The van der Waals surface area contributed by atoms with Crippen molar-refractivity contribution in [3.05, 3.63) is 48.8 Å². The molecule has 108 valence electrons. The fraction of sp³-hybridized carbons (Fsp3) is 0.133. The number of hydrogen-bond donors (Lipinski definition) is 1. The predicted octanol–water partition coefficient (Wildman–Crippen LogP) is 1.59. The first-order valence-electron chi connectivity index (χ1n) is 6.93. The molecular formula is C15H13N7. The minimum absolute atomic E-state index is 0.397. The van der Waals surface area contributed by atoms with Gasteiger partial charge < -0.3 is 10.3 Å². The van der Waals surface area contributed by atoms with Crippen LogP contribution in [0, 0.1) is 0 Å². The highest BCUT2D eigenvalue weighted by atomic mass is 15.1. The first-order chi connectivity index (χ1) is 10.8. The third-order valence-electron chi connectivity index (χ3n) is 3.54. The monoisotopic (exact) mass is 291 g/mol. The number of para-hydroxylation sites is 2. The molecule has 0 fully saturated rings. The summed E-state index contributed by atoms with van der Waals surface area (Å²) in [5.41, 5.74) is 9.90. The van der Waals surface area contributed by atoms with Gasteiger partial charge in [0.05, 0.1) is 23.1 Å². The van der Waals surface area contributed by atoms with Gasteiger partial charge in [-0.2, -0.15) is 0 Å². The average Bonchev–Trinajstić information content (AvgIpc) is 2.97. The molecule has 0 aliphatic carbocycles. The first-order valence-corrected chi connectivity index (χ1v) is 6.93. The maximum atomic E-state index is 5.79. The minimum Gasteiger partial charge on any atom is -0.382 e. The smallest absolute Gasteiger partial charge is 0.165 e. The fourth-order valence-corrected chi connectivity index (χ4v) is 2.41. The number of nitrogen functional groups attached to an aromatic ring is 1. The van der Waals surface area contributed by atoms with E-state index >= 15 is 0 Å². The SMILES string of the molecule is Nc1ncnc2c1ncn2CCc1cnc2ccccc2n1. The number of nitrogens with zero attached hydrogens (tertiary/aromatic N) is 6. The van der Waals surface area contributed by atoms with Gasteiger partial charge in [0, 0.05) is 19.2 Å². The van der Waals surface area contributed by atoms with Crippen LogP contribution in [0.1, 0.15) is 5.69 Å². The molecule has 0 saturated carbocycles. The van der Waals surface area contributed by atoms with E-state index in [0.717, 1.165) is 28.8 Å². The molecule has 2 N–H and O–H groups in total. The summed E-state index contributed by atoms with van der Waals surface area (Å²) in [6, 6.07) is 7.84. The molecule has 22 heavy (non-hydrogen) atoms. The van der Waals surface area contributed by atoms with Crippen molar-refractivity contribution in [2.75, 3.05) is 5.73 Å². The predicted molar refractivity (Wildman–Crippen MR) is 83.0 cm³/mol. The van der Waals surface area contributed by atoms with Crippen LogP contribution in [-0.2, 0) is 13.0 Å². The normalized spacial score (nSPS) is 11.3. The van der Waals surface area contributed by atoms with Crippen LogP contribution in [0.15, 0.2) is 43.1 Å². The van der Waals surface area contributed by atoms with Crippen LogP contribution in [0.25, 0.3) is 22.2 Å². The number of anilines is 1. The van der Waals surface area contributed by atoms with Crippen molar-refractivity contribution < 1.29 is 0 Å². The van der Waals surface area contributed by atoms with Gasteiger partial charge in [-0.05, 0) is 12.1 Å². The van der Waals surface area contributed by atoms with Crippen LogP contribution in [0.5, 0.6) is 0 Å². The quantitative estimate of drug-likeness (QED) is 0.616. The molecule has 4 rings (SSSR count). The van der Waals surface area contributed by atoms with E-state index in [-0.39, 0.29) is 0 Å². The zero-order chi connectivity index (χ0) is 14.9. The number of imidazole rings is 1. The molecule has 0 spiro atoms. The Balaban J connectivity index is 1.61. The van der Waals surface area contributed by atoms with Gasteiger partial charge in [-0.1, -0.05) is 12.1 Å². The lowest BCUT2D eigenvalue weighted by Gasteiger charge is -2.04. The van der Waals surface area contributed by atoms with Crippen molar-refractivity contribution in [2.45, 2.75) is 13.0 Å². The largest absolute Gasteiger partial charge is 0.382 e. The van der Waals surface area contributed by atoms with E-state index in [1.165, 1.54) is 6.33 Å². The Labute approximate surface area is 125 Å². The molecule has 3 aromatic heterocycles. The average molecular weight is 291 g/mol. The summed E-state index contributed by atoms with van der Waals surface area (Å²) >= 11 is 0. The number of aromatic nitrogens is 6. The number of fused-ring (bicyclic) bond motifs is 2. The number of benzene rings is 1. The molecule has 3 heterocycles. The summed E-state index contributed by atoms with van der Waals surface area (Å²) < 4.78 is 1.95. The Morgan fingerprint density at radius 3 is 2.77 bits per heavy atom. The Morgan fingerprint density at radius 2 is 1.86 bits per heavy atom. The third-order valence-corrected chi connectivity index (χ3v) is 3.54. The van der Waals surface area contributed by atoms with Crippen molar-refractivity contribution >= 4 is 28.0 Å². The van der Waals surface area contributed by atoms with Crippen molar-refractivity contribution in [3.8, 4) is 0 Å². The topological polar surface area (TPSA) is 95.4 Å². The summed E-state index contributed by atoms with van der Waals surface area (Å²) in [7, 11) is 0. The molecule has 7 heteroatoms. The lowest BCUT2D eigenvalue weighted by Crippen LogP contribution is -2.03. The van der Waals surface area contributed by atoms with E-state index in [1.54, 1.807) is 6.33 Å². The molecular weight excluding hydrogens is 278 g/mol. The van der Waals surface area contributed by atoms with Gasteiger partial charge >= 0.3 is 0 Å². The summed E-state index contributed by atoms with van der Waals surface area (Å²) in [6.45, 7) is 0.708. The highest BCUT2D eigenvalue weighted by Gasteiger charge is 2.08. The molecule has 0 radical (unpaired) electrons. The van der Waals surface area contributed by atoms with Crippen LogP contribution in [0.3, 0.4) is 0 Å². The van der Waals surface area contributed by atoms with Gasteiger partial charge in [-0.15, -0.1) is 0 Å². The van der Waals surface area contributed by atoms with E-state index in [4.69, 9.17) is 5.73 Å². The molecule has 0 bridgehead atoms. The second kappa shape index (κ2) is 5.03. The summed E-state index contributed by atoms with van der Waals surface area (Å²) in [5.74, 6) is 0.397. The van der Waals surface area contributed by atoms with E-state index < -0.39 is 0 Å². The number of hydrogen-bond acceptors (Lipinski definition) is 6. The van der Waals surface area contributed by atoms with Crippen LogP contribution < -0.4 is 5.73 Å². The Bertz CT molecular complexity index is 960. The van der Waals surface area contributed by atoms with E-state index in [2.05, 4.69) is 24.9 Å². The van der Waals surface area contributed by atoms with Crippen LogP contribution in [-0.4, -0.2) is 29.5 Å². The van der Waals surface area contributed by atoms with Gasteiger partial charge in [-0.3, -0.25) is 4.98 Å². The van der Waals surface area contributed by atoms with Gasteiger partial charge in [0.2, 0.25) is 0 Å². The van der Waals surface area contributed by atoms with Crippen LogP contribution >= 0.6 is 0 Å². The van der Waals surface area contributed by atoms with Crippen LogP contribution in [0.2, 0.25) is 0 Å². The number of rotatable bonds is 3. The number of aryl methyl sites for hydroxylation is 2. The third kappa shape index (κ3) is 2.12. The molecule has 0 unspecified atom stereocenters. The van der Waals surface area contributed by atoms with E-state index in [1.807, 2.05) is 35.0 Å². The molecule has 0 aliphatic heterocycles. The van der Waals surface area contributed by atoms with Gasteiger partial charge in [-0.25, -0.2) is 19.9 Å². The Kier molecular flexibility index (Phi) is 2.89. The lowest BCUT2D eigenvalue weighted by atomic mass is 10.2. The minimum atomic E-state index is 0.397. The highest BCUT2D eigenvalue weighted by Crippen LogP contribution is 2.15. The van der Waals surface area contributed by atoms with Gasteiger partial charge in [0.25, 0.3) is 0 Å². The maximum Gasteiger partial charge on any atom is 0.165 e. The molecule has 4 aromatic rings. The van der Waals surface area contributed by atoms with E-state index in [0.29, 0.717) is 17.9 Å². The molecule has 1 aromatic carbocycles. The van der Waals surface area contributed by atoms with Crippen molar-refractivity contribution in [1.29, 1.82) is 0 Å². The standard InChI is InChI=1S/C15H13N7/c16-14-13-15(19-8-18-14)22(9-20-13)6-5-10-7-17-11-3-1-2-4-12(11)21-10/h1-4,7-9H,5-6H2,(H2,16,18,19). The fourth-order valence-electron chi connectivity index (χ4n) is 2.41.